The fourth-order valence-corrected chi connectivity index (χ4v) is 5.54. The maximum atomic E-state index is 11.4. The molecule has 0 spiro atoms. The van der Waals surface area contributed by atoms with Gasteiger partial charge >= 0.3 is 0 Å². The second-order valence-corrected chi connectivity index (χ2v) is 10.2. The highest BCUT2D eigenvalue weighted by Gasteiger charge is 2.22. The molecule has 8 nitrogen and oxygen atoms in total. The van der Waals surface area contributed by atoms with Gasteiger partial charge in [-0.3, -0.25) is 14.9 Å². The van der Waals surface area contributed by atoms with E-state index < -0.39 is 0 Å². The summed E-state index contributed by atoms with van der Waals surface area (Å²) in [6.45, 7) is 5.13. The lowest BCUT2D eigenvalue weighted by molar-refractivity contribution is -0.384. The van der Waals surface area contributed by atoms with E-state index in [-0.39, 0.29) is 16.5 Å². The van der Waals surface area contributed by atoms with Crippen molar-refractivity contribution in [1.29, 1.82) is 0 Å². The van der Waals surface area contributed by atoms with Crippen LogP contribution >= 0.6 is 11.6 Å². The highest BCUT2D eigenvalue weighted by Crippen LogP contribution is 2.33. The monoisotopic (exact) mass is 531 g/mol. The number of carbonyl (C=O) groups excluding carboxylic acids is 1. The summed E-state index contributed by atoms with van der Waals surface area (Å²) in [5, 5.41) is 14.9. The Labute approximate surface area is 226 Å². The average molecular weight is 532 g/mol. The van der Waals surface area contributed by atoms with Gasteiger partial charge in [0.1, 0.15) is 5.82 Å². The Bertz CT molecular complexity index is 1480. The average Bonchev–Trinajstić information content (AvgIpc) is 3.26. The number of fused-ring (bicyclic) bond motifs is 1. The molecule has 1 aliphatic rings. The lowest BCUT2D eigenvalue weighted by atomic mass is 9.89. The second kappa shape index (κ2) is 11.3. The summed E-state index contributed by atoms with van der Waals surface area (Å²) in [4.78, 5) is 29.7. The third-order valence-electron chi connectivity index (χ3n) is 7.18. The summed E-state index contributed by atoms with van der Waals surface area (Å²) in [6, 6.07) is 20.5. The maximum absolute atomic E-state index is 11.4. The van der Waals surface area contributed by atoms with Crippen molar-refractivity contribution < 1.29 is 9.72 Å². The minimum atomic E-state index is -0.373. The molecule has 0 aliphatic carbocycles. The molecular weight excluding hydrogens is 502 g/mol. The standard InChI is InChI=1S/C29H30ClN5O3/c1-20(36)31-23-7-4-6-22(18-23)21-12-16-33(17-13-21)14-5-15-34-28-19-24(35(37)38)10-11-27(28)32-29(34)25-8-2-3-9-26(25)30/h2-4,6-11,18-19,21H,5,12-17H2,1H3,(H,31,36). The van der Waals surface area contributed by atoms with Gasteiger partial charge in [0.15, 0.2) is 0 Å². The topological polar surface area (TPSA) is 93.3 Å². The van der Waals surface area contributed by atoms with E-state index in [9.17, 15) is 14.9 Å². The zero-order valence-electron chi connectivity index (χ0n) is 21.3. The molecule has 1 amide bonds. The van der Waals surface area contributed by atoms with E-state index in [1.54, 1.807) is 12.1 Å². The van der Waals surface area contributed by atoms with E-state index in [1.807, 2.05) is 36.4 Å². The number of non-ortho nitro benzene ring substituents is 1. The lowest BCUT2D eigenvalue weighted by Gasteiger charge is -2.32. The molecule has 4 aromatic rings. The van der Waals surface area contributed by atoms with Gasteiger partial charge in [-0.15, -0.1) is 0 Å². The number of nitro benzene ring substituents is 1. The van der Waals surface area contributed by atoms with Crippen LogP contribution in [0.4, 0.5) is 11.4 Å². The normalized spacial score (nSPS) is 14.6. The predicted octanol–water partition coefficient (Wildman–Crippen LogP) is 6.49. The Morgan fingerprint density at radius 2 is 1.87 bits per heavy atom. The molecule has 0 bridgehead atoms. The molecule has 0 unspecified atom stereocenters. The first kappa shape index (κ1) is 25.9. The number of benzene rings is 3. The SMILES string of the molecule is CC(=O)Nc1cccc(C2CCN(CCCn3c(-c4ccccc4Cl)nc4ccc([N+](=O)[O-])cc43)CC2)c1. The molecule has 38 heavy (non-hydrogen) atoms. The number of likely N-dealkylation sites (tertiary alicyclic amines) is 1. The van der Waals surface area contributed by atoms with Crippen molar-refractivity contribution in [2.45, 2.75) is 38.6 Å². The van der Waals surface area contributed by atoms with Gasteiger partial charge in [0.05, 0.1) is 21.0 Å². The van der Waals surface area contributed by atoms with Gasteiger partial charge in [-0.2, -0.15) is 0 Å². The van der Waals surface area contributed by atoms with Crippen LogP contribution in [0.3, 0.4) is 0 Å². The van der Waals surface area contributed by atoms with Crippen LogP contribution < -0.4 is 5.32 Å². The van der Waals surface area contributed by atoms with Crippen LogP contribution in [0.2, 0.25) is 5.02 Å². The zero-order chi connectivity index (χ0) is 26.6. The minimum absolute atomic E-state index is 0.0500. The predicted molar refractivity (Wildman–Crippen MR) is 151 cm³/mol. The van der Waals surface area contributed by atoms with Gasteiger partial charge in [0, 0.05) is 36.9 Å². The smallest absolute Gasteiger partial charge is 0.271 e. The van der Waals surface area contributed by atoms with E-state index >= 15 is 0 Å². The lowest BCUT2D eigenvalue weighted by Crippen LogP contribution is -2.34. The molecule has 3 aromatic carbocycles. The number of amides is 1. The first-order valence-corrected chi connectivity index (χ1v) is 13.3. The molecule has 1 aliphatic heterocycles. The molecule has 0 atom stereocenters. The molecule has 1 saturated heterocycles. The van der Waals surface area contributed by atoms with Crippen LogP contribution in [0.5, 0.6) is 0 Å². The molecule has 1 aromatic heterocycles. The third kappa shape index (κ3) is 5.71. The Morgan fingerprint density at radius 1 is 1.08 bits per heavy atom. The summed E-state index contributed by atoms with van der Waals surface area (Å²) < 4.78 is 2.06. The van der Waals surface area contributed by atoms with Crippen LogP contribution in [0, 0.1) is 10.1 Å². The summed E-state index contributed by atoms with van der Waals surface area (Å²) in [7, 11) is 0. The van der Waals surface area contributed by atoms with Crippen molar-refractivity contribution >= 4 is 39.9 Å². The number of aromatic nitrogens is 2. The van der Waals surface area contributed by atoms with Gasteiger partial charge in [0.25, 0.3) is 5.69 Å². The molecule has 0 saturated carbocycles. The summed E-state index contributed by atoms with van der Waals surface area (Å²) in [5.41, 5.74) is 4.44. The molecule has 2 heterocycles. The quantitative estimate of drug-likeness (QED) is 0.207. The van der Waals surface area contributed by atoms with Crippen molar-refractivity contribution in [3.8, 4) is 11.4 Å². The number of nitro groups is 1. The van der Waals surface area contributed by atoms with E-state index in [0.29, 0.717) is 23.0 Å². The number of halogens is 1. The Kier molecular flexibility index (Phi) is 7.72. The number of imidazole rings is 1. The van der Waals surface area contributed by atoms with Gasteiger partial charge in [-0.1, -0.05) is 35.9 Å². The number of anilines is 1. The summed E-state index contributed by atoms with van der Waals surface area (Å²) in [5.74, 6) is 1.14. The third-order valence-corrected chi connectivity index (χ3v) is 7.51. The van der Waals surface area contributed by atoms with Crippen molar-refractivity contribution in [2.75, 3.05) is 25.0 Å². The van der Waals surface area contributed by atoms with E-state index in [4.69, 9.17) is 16.6 Å². The number of hydrogen-bond acceptors (Lipinski definition) is 5. The number of aryl methyl sites for hydroxylation is 1. The summed E-state index contributed by atoms with van der Waals surface area (Å²) >= 11 is 6.50. The minimum Gasteiger partial charge on any atom is -0.326 e. The van der Waals surface area contributed by atoms with E-state index in [1.165, 1.54) is 18.6 Å². The number of carbonyl (C=O) groups is 1. The Balaban J connectivity index is 1.27. The van der Waals surface area contributed by atoms with Gasteiger partial charge in [-0.05, 0) is 80.7 Å². The first-order chi connectivity index (χ1) is 18.4. The second-order valence-electron chi connectivity index (χ2n) is 9.77. The molecule has 1 N–H and O–H groups in total. The number of nitrogens with one attached hydrogen (secondary N) is 1. The number of nitrogens with zero attached hydrogens (tertiary/aromatic N) is 4. The molecule has 1 fully saturated rings. The van der Waals surface area contributed by atoms with Gasteiger partial charge in [0.2, 0.25) is 5.91 Å². The Morgan fingerprint density at radius 3 is 2.61 bits per heavy atom. The molecular formula is C29H30ClN5O3. The highest BCUT2D eigenvalue weighted by molar-refractivity contribution is 6.33. The van der Waals surface area contributed by atoms with Crippen LogP contribution in [0.1, 0.15) is 37.7 Å². The molecule has 5 rings (SSSR count). The molecule has 0 radical (unpaired) electrons. The number of piperidine rings is 1. The number of rotatable bonds is 8. The van der Waals surface area contributed by atoms with Crippen molar-refractivity contribution in [1.82, 2.24) is 14.5 Å². The van der Waals surface area contributed by atoms with Crippen LogP contribution in [0.25, 0.3) is 22.4 Å². The fraction of sp³-hybridized carbons (Fsp3) is 0.310. The fourth-order valence-electron chi connectivity index (χ4n) is 5.32. The van der Waals surface area contributed by atoms with Crippen molar-refractivity contribution in [3.63, 3.8) is 0 Å². The highest BCUT2D eigenvalue weighted by atomic mass is 35.5. The Hall–Kier alpha value is -3.75. The van der Waals surface area contributed by atoms with Crippen LogP contribution in [-0.2, 0) is 11.3 Å². The van der Waals surface area contributed by atoms with E-state index in [0.717, 1.165) is 61.5 Å². The number of hydrogen-bond donors (Lipinski definition) is 1. The van der Waals surface area contributed by atoms with Gasteiger partial charge < -0.3 is 14.8 Å². The largest absolute Gasteiger partial charge is 0.326 e. The zero-order valence-corrected chi connectivity index (χ0v) is 22.0. The maximum Gasteiger partial charge on any atom is 0.271 e. The molecule has 9 heteroatoms. The van der Waals surface area contributed by atoms with Crippen LogP contribution in [0.15, 0.2) is 66.7 Å². The van der Waals surface area contributed by atoms with E-state index in [2.05, 4.69) is 26.9 Å². The summed E-state index contributed by atoms with van der Waals surface area (Å²) in [6.07, 6.45) is 3.01. The van der Waals surface area contributed by atoms with Crippen LogP contribution in [-0.4, -0.2) is 44.9 Å². The van der Waals surface area contributed by atoms with Crippen molar-refractivity contribution in [2.24, 2.45) is 0 Å². The molecule has 196 valence electrons. The first-order valence-electron chi connectivity index (χ1n) is 12.9. The van der Waals surface area contributed by atoms with Crippen molar-refractivity contribution in [3.05, 3.63) is 87.4 Å². The van der Waals surface area contributed by atoms with Gasteiger partial charge in [-0.25, -0.2) is 4.98 Å².